The molecule has 2 spiro atoms. The molecule has 5 amide bonds. The highest BCUT2D eigenvalue weighted by Gasteiger charge is 2.85. The predicted octanol–water partition coefficient (Wildman–Crippen LogP) is 4.16. The lowest BCUT2D eigenvalue weighted by atomic mass is 9.73. The number of Topliss-reactive ketones (excluding diaryl/α,β-unsaturated/α-hetero) is 1. The van der Waals surface area contributed by atoms with E-state index in [1.54, 1.807) is 11.8 Å². The molecule has 3 aliphatic carbocycles. The molecule has 4 N–H and O–H groups in total. The summed E-state index contributed by atoms with van der Waals surface area (Å²) in [5.41, 5.74) is -0.687. The standard InChI is InChI=1S/C42H68N6O6/c1-11-16-28(32(49)37(53)43-27-17-14-18-27)44-35(51)30-23-42(40(9,10)41(42)20-15-21-41)24-48(30)38(54)33(39(6,7)8)46-36(52)31(25(2)3)45-34(50)29-19-12-13-22-47(29)26(4)5/h26-31,33H,2,11-24H2,1,3-10H3,(H,43,53)(H,44,51)(H,45,50)(H,46,52)/t28-,29+,30-,31-,33+,42+/m0/s1. The Morgan fingerprint density at radius 1 is 0.852 bits per heavy atom. The van der Waals surface area contributed by atoms with Crippen molar-refractivity contribution in [3.8, 4) is 0 Å². The maximum Gasteiger partial charge on any atom is 0.289 e. The van der Waals surface area contributed by atoms with E-state index in [1.165, 1.54) is 0 Å². The fourth-order valence-corrected chi connectivity index (χ4v) is 10.4. The van der Waals surface area contributed by atoms with Crippen LogP contribution in [0.1, 0.15) is 139 Å². The van der Waals surface area contributed by atoms with Gasteiger partial charge in [-0.2, -0.15) is 0 Å². The van der Waals surface area contributed by atoms with Gasteiger partial charge in [0.15, 0.2) is 0 Å². The number of piperidine rings is 1. The van der Waals surface area contributed by atoms with Gasteiger partial charge in [0.2, 0.25) is 29.4 Å². The van der Waals surface area contributed by atoms with E-state index in [0.29, 0.717) is 37.8 Å². The fraction of sp³-hybridized carbons (Fsp3) is 0.810. The number of hydrogen-bond acceptors (Lipinski definition) is 7. The maximum atomic E-state index is 15.0. The van der Waals surface area contributed by atoms with Crippen molar-refractivity contribution >= 4 is 35.3 Å². The zero-order chi connectivity index (χ0) is 40.0. The number of fused-ring (bicyclic) bond motifs is 1. The molecule has 12 nitrogen and oxygen atoms in total. The monoisotopic (exact) mass is 753 g/mol. The van der Waals surface area contributed by atoms with Crippen molar-refractivity contribution in [3.05, 3.63) is 12.2 Å². The van der Waals surface area contributed by atoms with Crippen molar-refractivity contribution in [2.24, 2.45) is 21.7 Å². The smallest absolute Gasteiger partial charge is 0.289 e. The first kappa shape index (κ1) is 41.9. The van der Waals surface area contributed by atoms with Crippen molar-refractivity contribution in [1.29, 1.82) is 0 Å². The van der Waals surface area contributed by atoms with Crippen LogP contribution in [0.2, 0.25) is 0 Å². The Labute approximate surface area is 323 Å². The average Bonchev–Trinajstić information content (AvgIpc) is 3.27. The van der Waals surface area contributed by atoms with Crippen molar-refractivity contribution < 1.29 is 28.8 Å². The quantitative estimate of drug-likeness (QED) is 0.153. The van der Waals surface area contributed by atoms with Gasteiger partial charge in [-0.05, 0) is 107 Å². The first-order valence-corrected chi connectivity index (χ1v) is 20.7. The molecule has 0 aromatic heterocycles. The lowest BCUT2D eigenvalue weighted by molar-refractivity contribution is -0.145. The molecule has 12 heteroatoms. The molecule has 5 fully saturated rings. The SMILES string of the molecule is C=C(C)[C@H](NC(=O)[C@H]1CCCCN1C(C)C)C(=O)N[C@H](C(=O)N1C[C@]2(C[C@H]1C(=O)N[C@@H](CCC)C(=O)C(=O)NC1CCC1)C(C)(C)C21CCC1)C(C)(C)C. The van der Waals surface area contributed by atoms with Crippen LogP contribution in [-0.4, -0.2) is 101 Å². The maximum absolute atomic E-state index is 15.0. The molecule has 302 valence electrons. The van der Waals surface area contributed by atoms with E-state index in [-0.39, 0.29) is 46.2 Å². The number of rotatable bonds is 14. The average molecular weight is 753 g/mol. The van der Waals surface area contributed by atoms with E-state index in [2.05, 4.69) is 60.4 Å². The molecule has 0 bridgehead atoms. The van der Waals surface area contributed by atoms with E-state index in [0.717, 1.165) is 57.9 Å². The molecule has 2 aliphatic heterocycles. The number of carbonyl (C=O) groups excluding carboxylic acids is 6. The van der Waals surface area contributed by atoms with Crippen LogP contribution < -0.4 is 21.3 Å². The fourth-order valence-electron chi connectivity index (χ4n) is 10.4. The van der Waals surface area contributed by atoms with Crippen LogP contribution in [0.5, 0.6) is 0 Å². The van der Waals surface area contributed by atoms with Gasteiger partial charge >= 0.3 is 0 Å². The van der Waals surface area contributed by atoms with Gasteiger partial charge in [-0.15, -0.1) is 0 Å². The molecule has 5 aliphatic rings. The van der Waals surface area contributed by atoms with Crippen molar-refractivity contribution in [2.75, 3.05) is 13.1 Å². The van der Waals surface area contributed by atoms with Gasteiger partial charge in [-0.25, -0.2) is 0 Å². The molecule has 2 heterocycles. The summed E-state index contributed by atoms with van der Waals surface area (Å²) in [7, 11) is 0. The molecule has 3 saturated carbocycles. The van der Waals surface area contributed by atoms with E-state index >= 15 is 0 Å². The number of nitrogens with one attached hydrogen (secondary N) is 4. The Kier molecular flexibility index (Phi) is 12.2. The van der Waals surface area contributed by atoms with E-state index in [9.17, 15) is 28.8 Å². The largest absolute Gasteiger partial charge is 0.347 e. The molecule has 0 aromatic carbocycles. The summed E-state index contributed by atoms with van der Waals surface area (Å²) in [4.78, 5) is 87.3. The second-order valence-electron chi connectivity index (χ2n) is 19.1. The second-order valence-corrected chi connectivity index (χ2v) is 19.1. The van der Waals surface area contributed by atoms with Crippen LogP contribution in [0, 0.1) is 21.7 Å². The van der Waals surface area contributed by atoms with Crippen LogP contribution in [0.25, 0.3) is 0 Å². The Bertz CT molecular complexity index is 1510. The Balaban J connectivity index is 1.38. The zero-order valence-corrected chi connectivity index (χ0v) is 34.5. The summed E-state index contributed by atoms with van der Waals surface area (Å²) in [6.45, 7) is 23.0. The van der Waals surface area contributed by atoms with Gasteiger partial charge in [0, 0.05) is 24.0 Å². The van der Waals surface area contributed by atoms with Gasteiger partial charge in [-0.1, -0.05) is 67.4 Å². The summed E-state index contributed by atoms with van der Waals surface area (Å²) in [6, 6.07) is -4.17. The highest BCUT2D eigenvalue weighted by molar-refractivity contribution is 6.38. The summed E-state index contributed by atoms with van der Waals surface area (Å²) in [6.07, 6.45) is 9.82. The first-order valence-electron chi connectivity index (χ1n) is 20.7. The highest BCUT2D eigenvalue weighted by Crippen LogP contribution is 2.88. The third-order valence-corrected chi connectivity index (χ3v) is 14.2. The molecule has 6 atom stereocenters. The van der Waals surface area contributed by atoms with Crippen LogP contribution in [-0.2, 0) is 28.8 Å². The van der Waals surface area contributed by atoms with Crippen LogP contribution >= 0.6 is 0 Å². The van der Waals surface area contributed by atoms with Crippen LogP contribution in [0.4, 0.5) is 0 Å². The molecule has 0 aromatic rings. The minimum atomic E-state index is -1.05. The Morgan fingerprint density at radius 3 is 2.00 bits per heavy atom. The molecule has 5 rings (SSSR count). The Hall–Kier alpha value is -3.28. The number of nitrogens with zero attached hydrogens (tertiary/aromatic N) is 2. The minimum absolute atomic E-state index is 0.0117. The number of amides is 5. The highest BCUT2D eigenvalue weighted by atomic mass is 16.2. The predicted molar refractivity (Wildman–Crippen MR) is 208 cm³/mol. The molecular formula is C42H68N6O6. The van der Waals surface area contributed by atoms with Crippen molar-refractivity contribution in [1.82, 2.24) is 31.1 Å². The third kappa shape index (κ3) is 7.49. The van der Waals surface area contributed by atoms with Gasteiger partial charge in [-0.3, -0.25) is 33.7 Å². The molecule has 0 unspecified atom stereocenters. The molecular weight excluding hydrogens is 684 g/mol. The van der Waals surface area contributed by atoms with Gasteiger partial charge < -0.3 is 26.2 Å². The summed E-state index contributed by atoms with van der Waals surface area (Å²) in [5, 5.41) is 11.7. The normalized spacial score (nSPS) is 27.6. The summed E-state index contributed by atoms with van der Waals surface area (Å²) < 4.78 is 0. The number of hydrogen-bond donors (Lipinski definition) is 4. The minimum Gasteiger partial charge on any atom is -0.347 e. The zero-order valence-electron chi connectivity index (χ0n) is 34.5. The van der Waals surface area contributed by atoms with Crippen LogP contribution in [0.3, 0.4) is 0 Å². The van der Waals surface area contributed by atoms with E-state index < -0.39 is 53.1 Å². The van der Waals surface area contributed by atoms with Gasteiger partial charge in [0.25, 0.3) is 5.91 Å². The van der Waals surface area contributed by atoms with Gasteiger partial charge in [0.1, 0.15) is 18.1 Å². The molecule has 54 heavy (non-hydrogen) atoms. The van der Waals surface area contributed by atoms with Crippen molar-refractivity contribution in [3.63, 3.8) is 0 Å². The summed E-state index contributed by atoms with van der Waals surface area (Å²) >= 11 is 0. The Morgan fingerprint density at radius 2 is 1.50 bits per heavy atom. The number of carbonyl (C=O) groups is 6. The van der Waals surface area contributed by atoms with Gasteiger partial charge in [0.05, 0.1) is 12.1 Å². The third-order valence-electron chi connectivity index (χ3n) is 14.2. The lowest BCUT2D eigenvalue weighted by Gasteiger charge is -2.39. The van der Waals surface area contributed by atoms with Crippen LogP contribution in [0.15, 0.2) is 12.2 Å². The lowest BCUT2D eigenvalue weighted by Crippen LogP contribution is -2.62. The first-order chi connectivity index (χ1) is 25.2. The second kappa shape index (κ2) is 15.7. The topological polar surface area (TPSA) is 157 Å². The number of likely N-dealkylation sites (tertiary alicyclic amines) is 2. The summed E-state index contributed by atoms with van der Waals surface area (Å²) in [5.74, 6) is -2.93. The molecule has 0 radical (unpaired) electrons. The van der Waals surface area contributed by atoms with E-state index in [4.69, 9.17) is 0 Å². The van der Waals surface area contributed by atoms with E-state index in [1.807, 2.05) is 27.7 Å². The van der Waals surface area contributed by atoms with Crippen molar-refractivity contribution in [2.45, 2.75) is 182 Å². The molecule has 2 saturated heterocycles. The number of ketones is 1.